The molecule has 1 aromatic rings. The van der Waals surface area contributed by atoms with Crippen molar-refractivity contribution in [3.05, 3.63) is 10.6 Å². The molecule has 1 aliphatic rings. The van der Waals surface area contributed by atoms with Crippen molar-refractivity contribution in [3.63, 3.8) is 0 Å². The Morgan fingerprint density at radius 2 is 2.16 bits per heavy atom. The standard InChI is InChI=1S/C12H18N4OS2/c1-3-8-9(19-15-14-8)10(17)16-6-4-12(2,5-7-16)11(13)18/h3-7H2,1-2H3,(H2,13,18). The third kappa shape index (κ3) is 2.76. The highest BCUT2D eigenvalue weighted by Gasteiger charge is 2.35. The topological polar surface area (TPSA) is 72.1 Å². The molecule has 1 amide bonds. The summed E-state index contributed by atoms with van der Waals surface area (Å²) in [5.41, 5.74) is 6.44. The summed E-state index contributed by atoms with van der Waals surface area (Å²) in [5, 5.41) is 3.99. The summed E-state index contributed by atoms with van der Waals surface area (Å²) in [6, 6.07) is 0. The van der Waals surface area contributed by atoms with Crippen molar-refractivity contribution >= 4 is 34.6 Å². The lowest BCUT2D eigenvalue weighted by Gasteiger charge is -2.38. The summed E-state index contributed by atoms with van der Waals surface area (Å²) < 4.78 is 3.87. The predicted octanol–water partition coefficient (Wildman–Crippen LogP) is 1.63. The quantitative estimate of drug-likeness (QED) is 0.859. The van der Waals surface area contributed by atoms with Gasteiger partial charge < -0.3 is 10.6 Å². The van der Waals surface area contributed by atoms with Gasteiger partial charge in [0.1, 0.15) is 4.88 Å². The summed E-state index contributed by atoms with van der Waals surface area (Å²) in [5.74, 6) is 0.0387. The highest BCUT2D eigenvalue weighted by molar-refractivity contribution is 7.80. The Morgan fingerprint density at radius 1 is 1.53 bits per heavy atom. The van der Waals surface area contributed by atoms with E-state index < -0.39 is 0 Å². The van der Waals surface area contributed by atoms with Crippen LogP contribution in [0, 0.1) is 5.41 Å². The molecule has 0 aliphatic carbocycles. The minimum absolute atomic E-state index is 0.0387. The molecule has 5 nitrogen and oxygen atoms in total. The van der Waals surface area contributed by atoms with Crippen molar-refractivity contribution in [2.75, 3.05) is 13.1 Å². The number of aromatic nitrogens is 2. The molecule has 0 saturated carbocycles. The molecular formula is C12H18N4OS2. The average molecular weight is 298 g/mol. The third-order valence-electron chi connectivity index (χ3n) is 3.83. The molecule has 1 aromatic heterocycles. The van der Waals surface area contributed by atoms with Crippen LogP contribution in [0.2, 0.25) is 0 Å². The Bertz CT molecular complexity index is 492. The summed E-state index contributed by atoms with van der Waals surface area (Å²) >= 11 is 6.29. The van der Waals surface area contributed by atoms with Crippen LogP contribution in [-0.2, 0) is 6.42 Å². The maximum Gasteiger partial charge on any atom is 0.267 e. The Labute approximate surface area is 122 Å². The molecule has 1 saturated heterocycles. The van der Waals surface area contributed by atoms with E-state index in [1.807, 2.05) is 11.8 Å². The third-order valence-corrected chi connectivity index (χ3v) is 5.08. The summed E-state index contributed by atoms with van der Waals surface area (Å²) in [6.45, 7) is 5.43. The van der Waals surface area contributed by atoms with Crippen LogP contribution in [0.25, 0.3) is 0 Å². The smallest absolute Gasteiger partial charge is 0.267 e. The number of hydrogen-bond acceptors (Lipinski definition) is 5. The highest BCUT2D eigenvalue weighted by atomic mass is 32.1. The van der Waals surface area contributed by atoms with Crippen LogP contribution in [0.1, 0.15) is 42.1 Å². The molecule has 2 N–H and O–H groups in total. The number of rotatable bonds is 3. The Hall–Kier alpha value is -1.08. The molecule has 2 heterocycles. The number of nitrogens with two attached hydrogens (primary N) is 1. The molecule has 0 aromatic carbocycles. The van der Waals surface area contributed by atoms with E-state index in [1.54, 1.807) is 0 Å². The lowest BCUT2D eigenvalue weighted by Crippen LogP contribution is -2.46. The first-order chi connectivity index (χ1) is 8.98. The number of nitrogens with zero attached hydrogens (tertiary/aromatic N) is 3. The molecule has 0 unspecified atom stereocenters. The second kappa shape index (κ2) is 5.50. The van der Waals surface area contributed by atoms with Gasteiger partial charge in [-0.3, -0.25) is 4.79 Å². The molecule has 0 atom stereocenters. The van der Waals surface area contributed by atoms with Gasteiger partial charge in [0.15, 0.2) is 0 Å². The van der Waals surface area contributed by atoms with Gasteiger partial charge in [0.05, 0.1) is 10.7 Å². The van der Waals surface area contributed by atoms with Gasteiger partial charge in [0.2, 0.25) is 0 Å². The van der Waals surface area contributed by atoms with Crippen LogP contribution in [-0.4, -0.2) is 38.5 Å². The van der Waals surface area contributed by atoms with Crippen molar-refractivity contribution in [2.45, 2.75) is 33.1 Å². The van der Waals surface area contributed by atoms with Crippen LogP contribution in [0.15, 0.2) is 0 Å². The zero-order valence-corrected chi connectivity index (χ0v) is 12.8. The monoisotopic (exact) mass is 298 g/mol. The molecule has 19 heavy (non-hydrogen) atoms. The van der Waals surface area contributed by atoms with Crippen molar-refractivity contribution in [1.82, 2.24) is 14.5 Å². The van der Waals surface area contributed by atoms with Gasteiger partial charge in [-0.25, -0.2) is 0 Å². The molecule has 0 bridgehead atoms. The van der Waals surface area contributed by atoms with E-state index in [9.17, 15) is 4.79 Å². The zero-order valence-electron chi connectivity index (χ0n) is 11.2. The number of likely N-dealkylation sites (tertiary alicyclic amines) is 1. The second-order valence-electron chi connectivity index (χ2n) is 5.12. The van der Waals surface area contributed by atoms with Gasteiger partial charge in [-0.05, 0) is 30.8 Å². The zero-order chi connectivity index (χ0) is 14.0. The fraction of sp³-hybridized carbons (Fsp3) is 0.667. The number of carbonyl (C=O) groups is 1. The number of aryl methyl sites for hydroxylation is 1. The molecule has 1 aliphatic heterocycles. The minimum Gasteiger partial charge on any atom is -0.393 e. The molecule has 0 spiro atoms. The fourth-order valence-electron chi connectivity index (χ4n) is 2.20. The highest BCUT2D eigenvalue weighted by Crippen LogP contribution is 2.32. The van der Waals surface area contributed by atoms with E-state index in [1.165, 1.54) is 11.5 Å². The summed E-state index contributed by atoms with van der Waals surface area (Å²) in [4.78, 5) is 15.5. The molecular weight excluding hydrogens is 280 g/mol. The van der Waals surface area contributed by atoms with Crippen LogP contribution in [0.3, 0.4) is 0 Å². The largest absolute Gasteiger partial charge is 0.393 e. The van der Waals surface area contributed by atoms with Gasteiger partial charge in [0, 0.05) is 18.5 Å². The molecule has 0 radical (unpaired) electrons. The van der Waals surface area contributed by atoms with Crippen LogP contribution < -0.4 is 5.73 Å². The van der Waals surface area contributed by atoms with Gasteiger partial charge in [-0.1, -0.05) is 30.6 Å². The van der Waals surface area contributed by atoms with Crippen molar-refractivity contribution in [3.8, 4) is 0 Å². The first-order valence-electron chi connectivity index (χ1n) is 6.38. The average Bonchev–Trinajstić information content (AvgIpc) is 2.87. The van der Waals surface area contributed by atoms with Crippen LogP contribution in [0.5, 0.6) is 0 Å². The van der Waals surface area contributed by atoms with E-state index in [4.69, 9.17) is 18.0 Å². The summed E-state index contributed by atoms with van der Waals surface area (Å²) in [7, 11) is 0. The SMILES string of the molecule is CCc1nnsc1C(=O)N1CCC(C)(C(N)=S)CC1. The van der Waals surface area contributed by atoms with Gasteiger partial charge in [-0.2, -0.15) is 0 Å². The molecule has 7 heteroatoms. The van der Waals surface area contributed by atoms with E-state index in [-0.39, 0.29) is 11.3 Å². The van der Waals surface area contributed by atoms with Gasteiger partial charge in [0.25, 0.3) is 5.91 Å². The van der Waals surface area contributed by atoms with Crippen molar-refractivity contribution < 1.29 is 4.79 Å². The number of amides is 1. The number of hydrogen-bond donors (Lipinski definition) is 1. The first kappa shape index (κ1) is 14.3. The van der Waals surface area contributed by atoms with E-state index in [2.05, 4.69) is 16.5 Å². The fourth-order valence-corrected chi connectivity index (χ4v) is 3.12. The van der Waals surface area contributed by atoms with E-state index >= 15 is 0 Å². The van der Waals surface area contributed by atoms with Crippen LogP contribution >= 0.6 is 23.8 Å². The van der Waals surface area contributed by atoms with Gasteiger partial charge >= 0.3 is 0 Å². The van der Waals surface area contributed by atoms with Gasteiger partial charge in [-0.15, -0.1) is 5.10 Å². The Morgan fingerprint density at radius 3 is 2.68 bits per heavy atom. The molecule has 104 valence electrons. The van der Waals surface area contributed by atoms with E-state index in [0.717, 1.165) is 25.0 Å². The number of carbonyl (C=O) groups excluding carboxylic acids is 1. The Balaban J connectivity index is 2.06. The lowest BCUT2D eigenvalue weighted by atomic mass is 9.80. The normalized spacial score (nSPS) is 18.3. The van der Waals surface area contributed by atoms with Crippen LogP contribution in [0.4, 0.5) is 0 Å². The van der Waals surface area contributed by atoms with Crippen molar-refractivity contribution in [1.29, 1.82) is 0 Å². The predicted molar refractivity (Wildman–Crippen MR) is 79.3 cm³/mol. The lowest BCUT2D eigenvalue weighted by molar-refractivity contribution is 0.0674. The molecule has 1 fully saturated rings. The summed E-state index contributed by atoms with van der Waals surface area (Å²) in [6.07, 6.45) is 2.37. The Kier molecular flexibility index (Phi) is 4.15. The second-order valence-corrected chi connectivity index (χ2v) is 6.31. The van der Waals surface area contributed by atoms with Crippen molar-refractivity contribution in [2.24, 2.45) is 11.1 Å². The number of thiocarbonyl (C=S) groups is 1. The van der Waals surface area contributed by atoms with E-state index in [0.29, 0.717) is 23.0 Å². The maximum atomic E-state index is 12.4. The number of piperidine rings is 1. The molecule has 2 rings (SSSR count). The first-order valence-corrected chi connectivity index (χ1v) is 7.56. The minimum atomic E-state index is -0.119. The maximum absolute atomic E-state index is 12.4.